The van der Waals surface area contributed by atoms with Crippen molar-refractivity contribution in [2.45, 2.75) is 0 Å². The molecule has 0 aliphatic heterocycles. The Morgan fingerprint density at radius 3 is 0.909 bits per heavy atom. The molecule has 0 spiro atoms. The van der Waals surface area contributed by atoms with Crippen molar-refractivity contribution in [3.8, 4) is 0 Å². The Hall–Kier alpha value is 0.462. The van der Waals surface area contributed by atoms with E-state index in [2.05, 4.69) is 23.2 Å². The topological polar surface area (TPSA) is 0 Å². The summed E-state index contributed by atoms with van der Waals surface area (Å²) in [5, 5.41) is 0.944. The van der Waals surface area contributed by atoms with E-state index < -0.39 is 0 Å². The van der Waals surface area contributed by atoms with Gasteiger partial charge in [0, 0.05) is 0 Å². The molecule has 0 radical (unpaired) electrons. The number of hydrogen-bond donors (Lipinski definition) is 0. The number of halogens is 2. The van der Waals surface area contributed by atoms with Crippen molar-refractivity contribution in [2.75, 3.05) is 0 Å². The second-order valence-corrected chi connectivity index (χ2v) is 1.90. The normalized spacial score (nSPS) is 6.00. The van der Waals surface area contributed by atoms with Gasteiger partial charge in [-0.1, -0.05) is 36.4 Å². The van der Waals surface area contributed by atoms with Gasteiger partial charge in [0.15, 0.2) is 0 Å². The zero-order valence-corrected chi connectivity index (χ0v) is 9.18. The number of benzene rings is 1. The molecule has 0 aliphatic rings. The van der Waals surface area contributed by atoms with E-state index in [-0.39, 0.29) is 27.8 Å². The van der Waals surface area contributed by atoms with Gasteiger partial charge < -0.3 is 30.6 Å². The Kier molecular flexibility index (Phi) is 26.8. The summed E-state index contributed by atoms with van der Waals surface area (Å²) >= 11 is 9.28. The van der Waals surface area contributed by atoms with Gasteiger partial charge in [0.25, 0.3) is 0 Å². The standard InChI is InChI=1S/C6H6.CHCl2.CH3.Pd/c1-2-4-6-5-3-1;2-1-3;;/h1-6H;1H;1H3;/q;2*-1;+2. The molecule has 11 heavy (non-hydrogen) atoms. The summed E-state index contributed by atoms with van der Waals surface area (Å²) in [6, 6.07) is 12.0. The number of rotatable bonds is 0. The Labute approximate surface area is 92.6 Å². The maximum absolute atomic E-state index is 4.64. The summed E-state index contributed by atoms with van der Waals surface area (Å²) in [4.78, 5) is 0. The molecule has 0 amide bonds. The average molecular weight is 283 g/mol. The fourth-order valence-corrected chi connectivity index (χ4v) is 0.385. The minimum absolute atomic E-state index is 0. The third-order valence-electron chi connectivity index (χ3n) is 0.667. The summed E-state index contributed by atoms with van der Waals surface area (Å²) in [5.41, 5.74) is 0. The van der Waals surface area contributed by atoms with E-state index >= 15 is 0 Å². The Balaban J connectivity index is -0.000000116. The molecule has 0 aliphatic carbocycles. The number of hydrogen-bond acceptors (Lipinski definition) is 0. The first-order chi connectivity index (χ1) is 4.41. The molecular formula is C8H10Cl2Pd. The summed E-state index contributed by atoms with van der Waals surface area (Å²) < 4.78 is 0. The summed E-state index contributed by atoms with van der Waals surface area (Å²) in [6.07, 6.45) is 0. The first-order valence-corrected chi connectivity index (χ1v) is 3.31. The van der Waals surface area contributed by atoms with Crippen LogP contribution in [0.2, 0.25) is 0 Å². The van der Waals surface area contributed by atoms with Crippen LogP contribution in [0.15, 0.2) is 36.4 Å². The Morgan fingerprint density at radius 1 is 0.727 bits per heavy atom. The van der Waals surface area contributed by atoms with Crippen molar-refractivity contribution >= 4 is 23.2 Å². The van der Waals surface area contributed by atoms with Crippen LogP contribution < -0.4 is 0 Å². The fraction of sp³-hybridized carbons (Fsp3) is 0. The van der Waals surface area contributed by atoms with Crippen LogP contribution in [-0.2, 0) is 20.4 Å². The quantitative estimate of drug-likeness (QED) is 0.503. The molecule has 1 aromatic carbocycles. The SMILES string of the molecule is Cl[CH-]Cl.[CH3-].[Pd+2].c1ccccc1. The molecule has 0 aromatic heterocycles. The molecule has 1 rings (SSSR count). The predicted molar refractivity (Wildman–Crippen MR) is 48.9 cm³/mol. The summed E-state index contributed by atoms with van der Waals surface area (Å²) in [5.74, 6) is 0. The van der Waals surface area contributed by atoms with Gasteiger partial charge in [-0.3, -0.25) is 0 Å². The zero-order valence-electron chi connectivity index (χ0n) is 6.11. The minimum atomic E-state index is 0. The molecule has 0 bridgehead atoms. The van der Waals surface area contributed by atoms with Gasteiger partial charge in [-0.25, -0.2) is 0 Å². The van der Waals surface area contributed by atoms with E-state index in [9.17, 15) is 0 Å². The molecule has 0 atom stereocenters. The van der Waals surface area contributed by atoms with E-state index in [0.717, 1.165) is 5.34 Å². The van der Waals surface area contributed by atoms with E-state index in [0.29, 0.717) is 0 Å². The van der Waals surface area contributed by atoms with E-state index in [1.54, 1.807) is 0 Å². The van der Waals surface area contributed by atoms with Crippen LogP contribution in [-0.4, -0.2) is 0 Å². The summed E-state index contributed by atoms with van der Waals surface area (Å²) in [6.45, 7) is 0. The van der Waals surface area contributed by atoms with Crippen LogP contribution in [0.5, 0.6) is 0 Å². The van der Waals surface area contributed by atoms with Gasteiger partial charge >= 0.3 is 20.4 Å². The van der Waals surface area contributed by atoms with Crippen molar-refractivity contribution in [3.63, 3.8) is 0 Å². The van der Waals surface area contributed by atoms with E-state index in [1.165, 1.54) is 0 Å². The second-order valence-electron chi connectivity index (χ2n) is 1.24. The first-order valence-electron chi connectivity index (χ1n) is 2.44. The van der Waals surface area contributed by atoms with Crippen LogP contribution in [0.1, 0.15) is 0 Å². The van der Waals surface area contributed by atoms with Crippen LogP contribution in [0.3, 0.4) is 0 Å². The molecule has 0 N–H and O–H groups in total. The van der Waals surface area contributed by atoms with Crippen molar-refractivity contribution < 1.29 is 20.4 Å². The first kappa shape index (κ1) is 17.5. The maximum atomic E-state index is 4.64. The van der Waals surface area contributed by atoms with Gasteiger partial charge in [0.05, 0.1) is 0 Å². The van der Waals surface area contributed by atoms with Crippen molar-refractivity contribution in [1.82, 2.24) is 0 Å². The van der Waals surface area contributed by atoms with Gasteiger partial charge in [-0.05, 0) is 0 Å². The molecule has 3 heteroatoms. The van der Waals surface area contributed by atoms with Gasteiger partial charge in [0.1, 0.15) is 0 Å². The minimum Gasteiger partial charge on any atom is -0.358 e. The second kappa shape index (κ2) is 16.8. The summed E-state index contributed by atoms with van der Waals surface area (Å²) in [7, 11) is 0. The third kappa shape index (κ3) is 17.9. The predicted octanol–water partition coefficient (Wildman–Crippen LogP) is 3.72. The van der Waals surface area contributed by atoms with Gasteiger partial charge in [0.2, 0.25) is 0 Å². The van der Waals surface area contributed by atoms with Crippen LogP contribution in [0, 0.1) is 12.8 Å². The molecule has 0 heterocycles. The smallest absolute Gasteiger partial charge is 0.358 e. The average Bonchev–Trinajstić information content (AvgIpc) is 1.93. The van der Waals surface area contributed by atoms with Crippen molar-refractivity contribution in [2.24, 2.45) is 0 Å². The monoisotopic (exact) mass is 282 g/mol. The molecule has 0 saturated carbocycles. The molecular weight excluding hydrogens is 273 g/mol. The molecule has 0 saturated heterocycles. The van der Waals surface area contributed by atoms with Crippen LogP contribution >= 0.6 is 23.2 Å². The maximum Gasteiger partial charge on any atom is 2.00 e. The molecule has 0 nitrogen and oxygen atoms in total. The Bertz CT molecular complexity index is 94.9. The molecule has 1 aromatic rings. The van der Waals surface area contributed by atoms with Gasteiger partial charge in [-0.15, -0.1) is 0 Å². The fourth-order valence-electron chi connectivity index (χ4n) is 0.385. The Morgan fingerprint density at radius 2 is 0.818 bits per heavy atom. The zero-order chi connectivity index (χ0) is 6.95. The molecule has 0 fully saturated rings. The van der Waals surface area contributed by atoms with Crippen molar-refractivity contribution in [1.29, 1.82) is 0 Å². The molecule has 66 valence electrons. The van der Waals surface area contributed by atoms with Crippen LogP contribution in [0.25, 0.3) is 0 Å². The van der Waals surface area contributed by atoms with E-state index in [4.69, 9.17) is 0 Å². The largest absolute Gasteiger partial charge is 2.00 e. The van der Waals surface area contributed by atoms with Gasteiger partial charge in [-0.2, -0.15) is 5.34 Å². The third-order valence-corrected chi connectivity index (χ3v) is 0.667. The molecule has 0 unspecified atom stereocenters. The van der Waals surface area contributed by atoms with E-state index in [1.807, 2.05) is 36.4 Å². The van der Waals surface area contributed by atoms with Crippen LogP contribution in [0.4, 0.5) is 0 Å². The van der Waals surface area contributed by atoms with Crippen molar-refractivity contribution in [3.05, 3.63) is 49.2 Å².